The zero-order chi connectivity index (χ0) is 19.2. The van der Waals surface area contributed by atoms with Gasteiger partial charge in [-0.3, -0.25) is 4.79 Å². The lowest BCUT2D eigenvalue weighted by molar-refractivity contribution is 0.0730. The van der Waals surface area contributed by atoms with Gasteiger partial charge >= 0.3 is 0 Å². The molecule has 1 heterocycles. The number of sulfonamides is 1. The molecule has 0 aromatic heterocycles. The minimum Gasteiger partial charge on any atom is -0.379 e. The van der Waals surface area contributed by atoms with Crippen molar-refractivity contribution < 1.29 is 22.7 Å². The number of hydrogen-bond acceptors (Lipinski definition) is 5. The summed E-state index contributed by atoms with van der Waals surface area (Å²) < 4.78 is 37.5. The van der Waals surface area contributed by atoms with Gasteiger partial charge in [-0.05, 0) is 38.5 Å². The lowest BCUT2D eigenvalue weighted by Crippen LogP contribution is -2.40. The molecule has 1 fully saturated rings. The van der Waals surface area contributed by atoms with Crippen LogP contribution in [0.5, 0.6) is 0 Å². The van der Waals surface area contributed by atoms with Crippen molar-refractivity contribution in [3.05, 3.63) is 28.8 Å². The number of hydrogen-bond donors (Lipinski definition) is 1. The first-order valence-electron chi connectivity index (χ1n) is 8.59. The first-order valence-corrected chi connectivity index (χ1v) is 10.4. The zero-order valence-electron chi connectivity index (χ0n) is 15.0. The molecule has 2 rings (SSSR count). The van der Waals surface area contributed by atoms with E-state index in [2.05, 4.69) is 5.32 Å². The van der Waals surface area contributed by atoms with Crippen molar-refractivity contribution in [1.29, 1.82) is 0 Å². The molecule has 9 heteroatoms. The molecule has 1 aromatic carbocycles. The van der Waals surface area contributed by atoms with Crippen molar-refractivity contribution in [3.63, 3.8) is 0 Å². The molecular formula is C17H25ClN2O5S. The van der Waals surface area contributed by atoms with Crippen molar-refractivity contribution >= 4 is 27.5 Å². The highest BCUT2D eigenvalue weighted by atomic mass is 35.5. The third-order valence-corrected chi connectivity index (χ3v) is 6.22. The van der Waals surface area contributed by atoms with Gasteiger partial charge < -0.3 is 14.8 Å². The number of nitrogens with zero attached hydrogens (tertiary/aromatic N) is 1. The topological polar surface area (TPSA) is 84.9 Å². The molecule has 7 nitrogen and oxygen atoms in total. The van der Waals surface area contributed by atoms with Gasteiger partial charge in [0.1, 0.15) is 4.90 Å². The fraction of sp³-hybridized carbons (Fsp3) is 0.588. The fourth-order valence-electron chi connectivity index (χ4n) is 2.46. The van der Waals surface area contributed by atoms with Crippen LogP contribution in [0.25, 0.3) is 0 Å². The predicted octanol–water partition coefficient (Wildman–Crippen LogP) is 1.91. The van der Waals surface area contributed by atoms with Crippen molar-refractivity contribution in [1.82, 2.24) is 9.62 Å². The average Bonchev–Trinajstić information content (AvgIpc) is 2.62. The van der Waals surface area contributed by atoms with Gasteiger partial charge in [0.05, 0.1) is 24.3 Å². The Labute approximate surface area is 159 Å². The number of ether oxygens (including phenoxy) is 2. The SMILES string of the molecule is CC(C)OCCCNC(=O)c1ccc(Cl)c(S(=O)(=O)N2CCOCC2)c1. The summed E-state index contributed by atoms with van der Waals surface area (Å²) in [5.74, 6) is -0.343. The van der Waals surface area contributed by atoms with Gasteiger partial charge in [0.25, 0.3) is 5.91 Å². The molecule has 26 heavy (non-hydrogen) atoms. The lowest BCUT2D eigenvalue weighted by atomic mass is 10.2. The number of carbonyl (C=O) groups excluding carboxylic acids is 1. The second kappa shape index (κ2) is 9.66. The Morgan fingerprint density at radius 2 is 2.04 bits per heavy atom. The molecule has 0 unspecified atom stereocenters. The molecule has 0 atom stereocenters. The molecule has 1 aliphatic heterocycles. The van der Waals surface area contributed by atoms with Crippen molar-refractivity contribution in [3.8, 4) is 0 Å². The molecule has 0 spiro atoms. The minimum absolute atomic E-state index is 0.0585. The second-order valence-corrected chi connectivity index (χ2v) is 8.50. The average molecular weight is 405 g/mol. The number of rotatable bonds is 8. The maximum absolute atomic E-state index is 12.8. The molecule has 146 valence electrons. The van der Waals surface area contributed by atoms with E-state index >= 15 is 0 Å². The summed E-state index contributed by atoms with van der Waals surface area (Å²) in [6, 6.07) is 4.28. The summed E-state index contributed by atoms with van der Waals surface area (Å²) in [5.41, 5.74) is 0.256. The van der Waals surface area contributed by atoms with E-state index in [0.29, 0.717) is 32.8 Å². The van der Waals surface area contributed by atoms with Gasteiger partial charge in [-0.25, -0.2) is 8.42 Å². The second-order valence-electron chi connectivity index (χ2n) is 6.19. The van der Waals surface area contributed by atoms with Crippen LogP contribution in [0.3, 0.4) is 0 Å². The quantitative estimate of drug-likeness (QED) is 0.669. The van der Waals surface area contributed by atoms with E-state index in [1.165, 1.54) is 22.5 Å². The van der Waals surface area contributed by atoms with Gasteiger partial charge in [0, 0.05) is 31.8 Å². The monoisotopic (exact) mass is 404 g/mol. The normalized spacial score (nSPS) is 16.0. The highest BCUT2D eigenvalue weighted by Crippen LogP contribution is 2.26. The van der Waals surface area contributed by atoms with Crippen LogP contribution >= 0.6 is 11.6 Å². The van der Waals surface area contributed by atoms with Crippen LogP contribution in [0.4, 0.5) is 0 Å². The summed E-state index contributed by atoms with van der Waals surface area (Å²) in [6.07, 6.45) is 0.825. The molecule has 0 saturated carbocycles. The minimum atomic E-state index is -3.77. The smallest absolute Gasteiger partial charge is 0.251 e. The van der Waals surface area contributed by atoms with E-state index in [1.807, 2.05) is 13.8 Å². The van der Waals surface area contributed by atoms with E-state index < -0.39 is 10.0 Å². The van der Waals surface area contributed by atoms with Crippen molar-refractivity contribution in [2.75, 3.05) is 39.5 Å². The molecule has 1 saturated heterocycles. The van der Waals surface area contributed by atoms with E-state index in [4.69, 9.17) is 21.1 Å². The van der Waals surface area contributed by atoms with E-state index in [1.54, 1.807) is 0 Å². The lowest BCUT2D eigenvalue weighted by Gasteiger charge is -2.26. The van der Waals surface area contributed by atoms with Crippen LogP contribution in [0.1, 0.15) is 30.6 Å². The third kappa shape index (κ3) is 5.65. The molecule has 1 N–H and O–H groups in total. The number of carbonyl (C=O) groups is 1. The van der Waals surface area contributed by atoms with Crippen molar-refractivity contribution in [2.24, 2.45) is 0 Å². The van der Waals surface area contributed by atoms with Crippen LogP contribution in [0, 0.1) is 0 Å². The van der Waals surface area contributed by atoms with Gasteiger partial charge in [-0.2, -0.15) is 4.31 Å². The molecular weight excluding hydrogens is 380 g/mol. The third-order valence-electron chi connectivity index (χ3n) is 3.84. The summed E-state index contributed by atoms with van der Waals surface area (Å²) >= 11 is 6.09. The maximum Gasteiger partial charge on any atom is 0.251 e. The molecule has 1 aliphatic rings. The number of amides is 1. The Morgan fingerprint density at radius 1 is 1.35 bits per heavy atom. The van der Waals surface area contributed by atoms with Gasteiger partial charge in [-0.1, -0.05) is 11.6 Å². The highest BCUT2D eigenvalue weighted by molar-refractivity contribution is 7.89. The van der Waals surface area contributed by atoms with E-state index in [0.717, 1.165) is 0 Å². The van der Waals surface area contributed by atoms with E-state index in [9.17, 15) is 13.2 Å². The van der Waals surface area contributed by atoms with Crippen LogP contribution in [-0.4, -0.2) is 64.2 Å². The van der Waals surface area contributed by atoms with Crippen LogP contribution < -0.4 is 5.32 Å². The Morgan fingerprint density at radius 3 is 2.69 bits per heavy atom. The summed E-state index contributed by atoms with van der Waals surface area (Å²) in [6.45, 7) is 6.11. The van der Waals surface area contributed by atoms with Gasteiger partial charge in [0.2, 0.25) is 10.0 Å². The fourth-order valence-corrected chi connectivity index (χ4v) is 4.37. The molecule has 1 amide bonds. The Hall–Kier alpha value is -1.19. The Balaban J connectivity index is 2.05. The maximum atomic E-state index is 12.8. The van der Waals surface area contributed by atoms with Gasteiger partial charge in [0.15, 0.2) is 0 Å². The number of nitrogens with one attached hydrogen (secondary N) is 1. The predicted molar refractivity (Wildman–Crippen MR) is 99.1 cm³/mol. The Kier molecular flexibility index (Phi) is 7.85. The van der Waals surface area contributed by atoms with E-state index in [-0.39, 0.29) is 40.6 Å². The molecule has 1 aromatic rings. The summed E-state index contributed by atoms with van der Waals surface area (Å²) in [7, 11) is -3.77. The molecule has 0 radical (unpaired) electrons. The summed E-state index contributed by atoms with van der Waals surface area (Å²) in [5, 5.41) is 2.86. The summed E-state index contributed by atoms with van der Waals surface area (Å²) in [4.78, 5) is 12.2. The first-order chi connectivity index (χ1) is 12.3. The standard InChI is InChI=1S/C17H25ClN2O5S/c1-13(2)25-9-3-6-19-17(21)14-4-5-15(18)16(12-14)26(22,23)20-7-10-24-11-8-20/h4-5,12-13H,3,6-11H2,1-2H3,(H,19,21). The zero-order valence-corrected chi connectivity index (χ0v) is 16.6. The number of benzene rings is 1. The first kappa shape index (κ1) is 21.1. The number of morpholine rings is 1. The highest BCUT2D eigenvalue weighted by Gasteiger charge is 2.29. The Bertz CT molecular complexity index is 718. The molecule has 0 bridgehead atoms. The van der Waals surface area contributed by atoms with Crippen molar-refractivity contribution in [2.45, 2.75) is 31.3 Å². The molecule has 0 aliphatic carbocycles. The number of halogens is 1. The van der Waals surface area contributed by atoms with Crippen LogP contribution in [-0.2, 0) is 19.5 Å². The largest absolute Gasteiger partial charge is 0.379 e. The van der Waals surface area contributed by atoms with Crippen LogP contribution in [0.15, 0.2) is 23.1 Å². The van der Waals surface area contributed by atoms with Gasteiger partial charge in [-0.15, -0.1) is 0 Å². The van der Waals surface area contributed by atoms with Crippen LogP contribution in [0.2, 0.25) is 5.02 Å².